The van der Waals surface area contributed by atoms with Gasteiger partial charge in [-0.15, -0.1) is 23.7 Å². The standard InChI is InChI=1S/C22H24N2OS.ClH/c1-2-7-19(8-3-1)22-23-21(17-26-22)18-9-11-20(12-10-18)25-16-6-15-24-13-4-5-14-24;/h1-3,7-12,17H,4-6,13-16H2;1H. The van der Waals surface area contributed by atoms with E-state index in [1.165, 1.54) is 31.5 Å². The maximum atomic E-state index is 5.89. The van der Waals surface area contributed by atoms with Crippen LogP contribution < -0.4 is 4.74 Å². The first-order valence-corrected chi connectivity index (χ1v) is 10.2. The molecular formula is C22H25ClN2OS. The molecule has 27 heavy (non-hydrogen) atoms. The number of rotatable bonds is 7. The Balaban J connectivity index is 0.00000210. The summed E-state index contributed by atoms with van der Waals surface area (Å²) in [6.07, 6.45) is 3.80. The van der Waals surface area contributed by atoms with Crippen LogP contribution in [0.15, 0.2) is 60.0 Å². The summed E-state index contributed by atoms with van der Waals surface area (Å²) < 4.78 is 5.89. The molecule has 2 aromatic carbocycles. The lowest BCUT2D eigenvalue weighted by molar-refractivity contribution is 0.263. The molecule has 0 unspecified atom stereocenters. The molecule has 3 nitrogen and oxygen atoms in total. The Morgan fingerprint density at radius 1 is 0.926 bits per heavy atom. The zero-order valence-corrected chi connectivity index (χ0v) is 17.0. The lowest BCUT2D eigenvalue weighted by Gasteiger charge is -2.14. The van der Waals surface area contributed by atoms with Crippen molar-refractivity contribution in [2.75, 3.05) is 26.2 Å². The number of benzene rings is 2. The third-order valence-electron chi connectivity index (χ3n) is 4.76. The van der Waals surface area contributed by atoms with E-state index in [4.69, 9.17) is 9.72 Å². The van der Waals surface area contributed by atoms with E-state index in [0.717, 1.165) is 41.6 Å². The minimum atomic E-state index is 0. The Hall–Kier alpha value is -1.88. The topological polar surface area (TPSA) is 25.4 Å². The van der Waals surface area contributed by atoms with Gasteiger partial charge in [-0.05, 0) is 56.6 Å². The van der Waals surface area contributed by atoms with E-state index in [9.17, 15) is 0 Å². The van der Waals surface area contributed by atoms with Gasteiger partial charge in [0.2, 0.25) is 0 Å². The predicted molar refractivity (Wildman–Crippen MR) is 116 cm³/mol. The van der Waals surface area contributed by atoms with E-state index >= 15 is 0 Å². The number of aromatic nitrogens is 1. The molecule has 142 valence electrons. The molecule has 0 spiro atoms. The van der Waals surface area contributed by atoms with Crippen molar-refractivity contribution >= 4 is 23.7 Å². The minimum absolute atomic E-state index is 0. The second kappa shape index (κ2) is 9.88. The molecule has 0 aliphatic carbocycles. The summed E-state index contributed by atoms with van der Waals surface area (Å²) in [5.74, 6) is 0.939. The number of hydrogen-bond acceptors (Lipinski definition) is 4. The largest absolute Gasteiger partial charge is 0.494 e. The number of nitrogens with zero attached hydrogens (tertiary/aromatic N) is 2. The molecule has 1 aromatic heterocycles. The SMILES string of the molecule is Cl.c1ccc(-c2nc(-c3ccc(OCCCN4CCCC4)cc3)cs2)cc1. The van der Waals surface area contributed by atoms with Crippen LogP contribution in [0.5, 0.6) is 5.75 Å². The number of halogens is 1. The van der Waals surface area contributed by atoms with E-state index in [1.54, 1.807) is 11.3 Å². The third kappa shape index (κ3) is 5.32. The van der Waals surface area contributed by atoms with Gasteiger partial charge in [0.25, 0.3) is 0 Å². The first kappa shape index (κ1) is 19.9. The van der Waals surface area contributed by atoms with Crippen LogP contribution in [0.3, 0.4) is 0 Å². The molecule has 1 fully saturated rings. The summed E-state index contributed by atoms with van der Waals surface area (Å²) in [7, 11) is 0. The second-order valence-corrected chi connectivity index (χ2v) is 7.54. The Labute approximate surface area is 171 Å². The van der Waals surface area contributed by atoms with E-state index in [2.05, 4.69) is 34.5 Å². The Morgan fingerprint density at radius 3 is 2.41 bits per heavy atom. The van der Waals surface area contributed by atoms with Gasteiger partial charge in [0.05, 0.1) is 12.3 Å². The number of ether oxygens (including phenoxy) is 1. The second-order valence-electron chi connectivity index (χ2n) is 6.68. The van der Waals surface area contributed by atoms with Gasteiger partial charge in [-0.25, -0.2) is 4.98 Å². The van der Waals surface area contributed by atoms with Gasteiger partial charge in [0, 0.05) is 23.1 Å². The van der Waals surface area contributed by atoms with Crippen LogP contribution in [0.2, 0.25) is 0 Å². The summed E-state index contributed by atoms with van der Waals surface area (Å²) in [6.45, 7) is 4.45. The van der Waals surface area contributed by atoms with Gasteiger partial charge in [0.15, 0.2) is 0 Å². The van der Waals surface area contributed by atoms with Crippen LogP contribution in [-0.4, -0.2) is 36.1 Å². The van der Waals surface area contributed by atoms with Gasteiger partial charge in [-0.2, -0.15) is 0 Å². The zero-order valence-electron chi connectivity index (χ0n) is 15.3. The average Bonchev–Trinajstić information content (AvgIpc) is 3.39. The number of hydrogen-bond donors (Lipinski definition) is 0. The average molecular weight is 401 g/mol. The fourth-order valence-corrected chi connectivity index (χ4v) is 4.16. The summed E-state index contributed by atoms with van der Waals surface area (Å²) >= 11 is 1.68. The highest BCUT2D eigenvalue weighted by molar-refractivity contribution is 7.13. The van der Waals surface area contributed by atoms with Gasteiger partial charge >= 0.3 is 0 Å². The van der Waals surface area contributed by atoms with E-state index in [0.29, 0.717) is 0 Å². The van der Waals surface area contributed by atoms with Crippen molar-refractivity contribution in [2.24, 2.45) is 0 Å². The van der Waals surface area contributed by atoms with Gasteiger partial charge in [-0.1, -0.05) is 30.3 Å². The highest BCUT2D eigenvalue weighted by Gasteiger charge is 2.10. The molecule has 1 aliphatic rings. The number of likely N-dealkylation sites (tertiary alicyclic amines) is 1. The van der Waals surface area contributed by atoms with Crippen LogP contribution in [0.1, 0.15) is 19.3 Å². The van der Waals surface area contributed by atoms with Gasteiger partial charge in [0.1, 0.15) is 10.8 Å². The molecule has 3 aromatic rings. The predicted octanol–water partition coefficient (Wildman–Crippen LogP) is 5.76. The lowest BCUT2D eigenvalue weighted by Crippen LogP contribution is -2.21. The van der Waals surface area contributed by atoms with Crippen LogP contribution in [0, 0.1) is 0 Å². The fraction of sp³-hybridized carbons (Fsp3) is 0.318. The smallest absolute Gasteiger partial charge is 0.124 e. The molecule has 5 heteroatoms. The van der Waals surface area contributed by atoms with Crippen molar-refractivity contribution in [3.8, 4) is 27.6 Å². The zero-order chi connectivity index (χ0) is 17.6. The first-order chi connectivity index (χ1) is 12.9. The van der Waals surface area contributed by atoms with Crippen molar-refractivity contribution < 1.29 is 4.74 Å². The van der Waals surface area contributed by atoms with Crippen molar-refractivity contribution in [1.29, 1.82) is 0 Å². The molecule has 0 atom stereocenters. The van der Waals surface area contributed by atoms with Crippen molar-refractivity contribution in [3.63, 3.8) is 0 Å². The Bertz CT molecular complexity index is 814. The summed E-state index contributed by atoms with van der Waals surface area (Å²) in [6, 6.07) is 18.6. The summed E-state index contributed by atoms with van der Waals surface area (Å²) in [5, 5.41) is 3.18. The van der Waals surface area contributed by atoms with Gasteiger partial charge in [-0.3, -0.25) is 0 Å². The third-order valence-corrected chi connectivity index (χ3v) is 5.65. The van der Waals surface area contributed by atoms with E-state index < -0.39 is 0 Å². The summed E-state index contributed by atoms with van der Waals surface area (Å²) in [5.41, 5.74) is 3.32. The highest BCUT2D eigenvalue weighted by atomic mass is 35.5. The van der Waals surface area contributed by atoms with Crippen molar-refractivity contribution in [3.05, 3.63) is 60.0 Å². The molecular weight excluding hydrogens is 376 g/mol. The molecule has 0 saturated carbocycles. The Morgan fingerprint density at radius 2 is 1.67 bits per heavy atom. The monoisotopic (exact) mass is 400 g/mol. The summed E-state index contributed by atoms with van der Waals surface area (Å²) in [4.78, 5) is 7.30. The molecule has 4 rings (SSSR count). The van der Waals surface area contributed by atoms with Crippen molar-refractivity contribution in [2.45, 2.75) is 19.3 Å². The van der Waals surface area contributed by atoms with Crippen LogP contribution in [0.25, 0.3) is 21.8 Å². The maximum absolute atomic E-state index is 5.89. The first-order valence-electron chi connectivity index (χ1n) is 9.35. The maximum Gasteiger partial charge on any atom is 0.124 e. The van der Waals surface area contributed by atoms with Crippen molar-refractivity contribution in [1.82, 2.24) is 9.88 Å². The fourth-order valence-electron chi connectivity index (χ4n) is 3.33. The number of thiazole rings is 1. The molecule has 1 aliphatic heterocycles. The molecule has 0 bridgehead atoms. The van der Waals surface area contributed by atoms with E-state index in [1.807, 2.05) is 30.3 Å². The highest BCUT2D eigenvalue weighted by Crippen LogP contribution is 2.29. The molecule has 0 N–H and O–H groups in total. The minimum Gasteiger partial charge on any atom is -0.494 e. The van der Waals surface area contributed by atoms with Crippen LogP contribution >= 0.6 is 23.7 Å². The van der Waals surface area contributed by atoms with Gasteiger partial charge < -0.3 is 9.64 Å². The molecule has 1 saturated heterocycles. The molecule has 0 amide bonds. The van der Waals surface area contributed by atoms with Crippen LogP contribution in [0.4, 0.5) is 0 Å². The normalized spacial score (nSPS) is 14.1. The lowest BCUT2D eigenvalue weighted by atomic mass is 10.1. The quantitative estimate of drug-likeness (QED) is 0.471. The Kier molecular flexibility index (Phi) is 7.27. The van der Waals surface area contributed by atoms with E-state index in [-0.39, 0.29) is 12.4 Å². The van der Waals surface area contributed by atoms with Crippen LogP contribution in [-0.2, 0) is 0 Å². The molecule has 2 heterocycles. The molecule has 0 radical (unpaired) electrons.